The van der Waals surface area contributed by atoms with E-state index in [-0.39, 0.29) is 12.4 Å². The van der Waals surface area contributed by atoms with Gasteiger partial charge in [-0.2, -0.15) is 0 Å². The Hall–Kier alpha value is -1.03. The lowest BCUT2D eigenvalue weighted by Gasteiger charge is -2.11. The van der Waals surface area contributed by atoms with Crippen LogP contribution in [0.15, 0.2) is 53.0 Å². The van der Waals surface area contributed by atoms with E-state index in [0.717, 1.165) is 29.7 Å². The average Bonchev–Trinajstić information content (AvgIpc) is 2.47. The molecule has 4 heteroatoms. The number of rotatable bonds is 7. The van der Waals surface area contributed by atoms with Gasteiger partial charge >= 0.3 is 0 Å². The molecule has 2 aromatic carbocycles. The number of hydrogen-bond acceptors (Lipinski definition) is 2. The molecule has 0 aliphatic carbocycles. The minimum Gasteiger partial charge on any atom is -0.494 e. The molecular formula is C17H21BrClNO. The van der Waals surface area contributed by atoms with E-state index in [4.69, 9.17) is 4.74 Å². The quantitative estimate of drug-likeness (QED) is 0.719. The van der Waals surface area contributed by atoms with Gasteiger partial charge in [0.05, 0.1) is 6.61 Å². The Kier molecular flexibility index (Phi) is 8.43. The third-order valence-electron chi connectivity index (χ3n) is 3.07. The highest BCUT2D eigenvalue weighted by Gasteiger charge is 2.04. The van der Waals surface area contributed by atoms with Gasteiger partial charge in [0.2, 0.25) is 0 Å². The van der Waals surface area contributed by atoms with E-state index in [0.29, 0.717) is 6.61 Å². The summed E-state index contributed by atoms with van der Waals surface area (Å²) in [7, 11) is 0. The summed E-state index contributed by atoms with van der Waals surface area (Å²) in [5, 5.41) is 3.48. The number of hydrogen-bond donors (Lipinski definition) is 1. The predicted octanol–water partition coefficient (Wildman–Crippen LogP) is 4.60. The lowest BCUT2D eigenvalue weighted by molar-refractivity contribution is 0.335. The molecule has 0 spiro atoms. The second-order valence-corrected chi connectivity index (χ2v) is 5.51. The van der Waals surface area contributed by atoms with E-state index < -0.39 is 0 Å². The molecule has 0 aliphatic rings. The van der Waals surface area contributed by atoms with Crippen LogP contribution >= 0.6 is 28.3 Å². The molecule has 0 aromatic heterocycles. The van der Waals surface area contributed by atoms with Crippen LogP contribution in [-0.4, -0.2) is 13.2 Å². The monoisotopic (exact) mass is 369 g/mol. The van der Waals surface area contributed by atoms with E-state index in [2.05, 4.69) is 51.6 Å². The van der Waals surface area contributed by atoms with Crippen LogP contribution in [0.25, 0.3) is 0 Å². The maximum atomic E-state index is 5.65. The third kappa shape index (κ3) is 6.08. The Morgan fingerprint density at radius 2 is 1.86 bits per heavy atom. The summed E-state index contributed by atoms with van der Waals surface area (Å²) in [5.41, 5.74) is 2.55. The minimum atomic E-state index is 0. The summed E-state index contributed by atoms with van der Waals surface area (Å²) in [4.78, 5) is 0. The summed E-state index contributed by atoms with van der Waals surface area (Å²) in [5.74, 6) is 0.961. The van der Waals surface area contributed by atoms with Gasteiger partial charge in [0.1, 0.15) is 5.75 Å². The van der Waals surface area contributed by atoms with E-state index >= 15 is 0 Å². The zero-order chi connectivity index (χ0) is 14.2. The molecule has 0 saturated heterocycles. The van der Waals surface area contributed by atoms with Gasteiger partial charge in [0.25, 0.3) is 0 Å². The normalized spacial score (nSPS) is 10.0. The standard InChI is InChI=1S/C17H20BrNO.ClH/c1-2-20-17-9-8-16(18)12-15(17)13-19-11-10-14-6-4-3-5-7-14;/h3-9,12,19H,2,10-11,13H2,1H3;1H. The highest BCUT2D eigenvalue weighted by atomic mass is 79.9. The number of halogens is 2. The highest BCUT2D eigenvalue weighted by molar-refractivity contribution is 9.10. The Morgan fingerprint density at radius 3 is 2.57 bits per heavy atom. The molecule has 21 heavy (non-hydrogen) atoms. The zero-order valence-electron chi connectivity index (χ0n) is 12.1. The second-order valence-electron chi connectivity index (χ2n) is 4.60. The summed E-state index contributed by atoms with van der Waals surface area (Å²) >= 11 is 3.51. The van der Waals surface area contributed by atoms with E-state index in [1.54, 1.807) is 0 Å². The summed E-state index contributed by atoms with van der Waals surface area (Å²) in [6.07, 6.45) is 1.04. The van der Waals surface area contributed by atoms with Crippen molar-refractivity contribution < 1.29 is 4.74 Å². The molecule has 2 rings (SSSR count). The first-order chi connectivity index (χ1) is 9.79. The van der Waals surface area contributed by atoms with Crippen molar-refractivity contribution in [3.63, 3.8) is 0 Å². The smallest absolute Gasteiger partial charge is 0.123 e. The number of ether oxygens (including phenoxy) is 1. The van der Waals surface area contributed by atoms with Gasteiger partial charge in [-0.3, -0.25) is 0 Å². The molecule has 2 nitrogen and oxygen atoms in total. The Morgan fingerprint density at radius 1 is 1.10 bits per heavy atom. The molecule has 0 bridgehead atoms. The highest BCUT2D eigenvalue weighted by Crippen LogP contribution is 2.23. The fourth-order valence-electron chi connectivity index (χ4n) is 2.08. The van der Waals surface area contributed by atoms with Crippen LogP contribution in [0, 0.1) is 0 Å². The van der Waals surface area contributed by atoms with Crippen molar-refractivity contribution >= 4 is 28.3 Å². The fourth-order valence-corrected chi connectivity index (χ4v) is 2.49. The van der Waals surface area contributed by atoms with Gasteiger partial charge in [0.15, 0.2) is 0 Å². The van der Waals surface area contributed by atoms with Crippen molar-refractivity contribution in [1.29, 1.82) is 0 Å². The predicted molar refractivity (Wildman–Crippen MR) is 94.4 cm³/mol. The van der Waals surface area contributed by atoms with E-state index in [9.17, 15) is 0 Å². The lowest BCUT2D eigenvalue weighted by atomic mass is 10.1. The van der Waals surface area contributed by atoms with Crippen molar-refractivity contribution in [2.45, 2.75) is 19.9 Å². The first kappa shape index (κ1) is 18.0. The van der Waals surface area contributed by atoms with Crippen LogP contribution in [-0.2, 0) is 13.0 Å². The maximum Gasteiger partial charge on any atom is 0.123 e. The summed E-state index contributed by atoms with van der Waals surface area (Å²) in [6.45, 7) is 4.48. The number of benzene rings is 2. The molecular weight excluding hydrogens is 350 g/mol. The molecule has 0 unspecified atom stereocenters. The third-order valence-corrected chi connectivity index (χ3v) is 3.56. The summed E-state index contributed by atoms with van der Waals surface area (Å²) < 4.78 is 6.73. The van der Waals surface area contributed by atoms with Crippen LogP contribution < -0.4 is 10.1 Å². The molecule has 1 N–H and O–H groups in total. The van der Waals surface area contributed by atoms with Crippen molar-refractivity contribution in [3.05, 3.63) is 64.1 Å². The van der Waals surface area contributed by atoms with Crippen molar-refractivity contribution in [2.24, 2.45) is 0 Å². The molecule has 0 aliphatic heterocycles. The van der Waals surface area contributed by atoms with Gasteiger partial charge in [-0.1, -0.05) is 46.3 Å². The SMILES string of the molecule is CCOc1ccc(Br)cc1CNCCc1ccccc1.Cl. The Balaban J connectivity index is 0.00000220. The molecule has 0 saturated carbocycles. The Bertz CT molecular complexity index is 534. The van der Waals surface area contributed by atoms with Gasteiger partial charge in [0, 0.05) is 16.6 Å². The molecule has 0 amide bonds. The molecule has 0 atom stereocenters. The van der Waals surface area contributed by atoms with Gasteiger partial charge in [-0.05, 0) is 43.7 Å². The van der Waals surface area contributed by atoms with Crippen LogP contribution in [0.2, 0.25) is 0 Å². The molecule has 0 heterocycles. The van der Waals surface area contributed by atoms with E-state index in [1.165, 1.54) is 11.1 Å². The summed E-state index contributed by atoms with van der Waals surface area (Å²) in [6, 6.07) is 16.7. The molecule has 2 aromatic rings. The van der Waals surface area contributed by atoms with Gasteiger partial charge < -0.3 is 10.1 Å². The molecule has 0 fully saturated rings. The molecule has 0 radical (unpaired) electrons. The van der Waals surface area contributed by atoms with Crippen molar-refractivity contribution in [1.82, 2.24) is 5.32 Å². The Labute approximate surface area is 141 Å². The fraction of sp³-hybridized carbons (Fsp3) is 0.294. The maximum absolute atomic E-state index is 5.65. The van der Waals surface area contributed by atoms with Crippen molar-refractivity contribution in [3.8, 4) is 5.75 Å². The zero-order valence-corrected chi connectivity index (χ0v) is 14.5. The van der Waals surface area contributed by atoms with Crippen LogP contribution in [0.4, 0.5) is 0 Å². The first-order valence-corrected chi connectivity index (χ1v) is 7.74. The number of nitrogens with one attached hydrogen (secondary N) is 1. The van der Waals surface area contributed by atoms with Crippen LogP contribution in [0.5, 0.6) is 5.75 Å². The molecule has 114 valence electrons. The van der Waals surface area contributed by atoms with Gasteiger partial charge in [-0.25, -0.2) is 0 Å². The topological polar surface area (TPSA) is 21.3 Å². The van der Waals surface area contributed by atoms with Crippen molar-refractivity contribution in [2.75, 3.05) is 13.2 Å². The largest absolute Gasteiger partial charge is 0.494 e. The van der Waals surface area contributed by atoms with Crippen LogP contribution in [0.1, 0.15) is 18.1 Å². The minimum absolute atomic E-state index is 0. The first-order valence-electron chi connectivity index (χ1n) is 6.95. The second kappa shape index (κ2) is 9.82. The van der Waals surface area contributed by atoms with Crippen LogP contribution in [0.3, 0.4) is 0 Å². The lowest BCUT2D eigenvalue weighted by Crippen LogP contribution is -2.17. The van der Waals surface area contributed by atoms with E-state index in [1.807, 2.05) is 25.1 Å². The van der Waals surface area contributed by atoms with Gasteiger partial charge in [-0.15, -0.1) is 12.4 Å². The average molecular weight is 371 g/mol.